The van der Waals surface area contributed by atoms with Gasteiger partial charge in [0.1, 0.15) is 0 Å². The zero-order chi connectivity index (χ0) is 19.2. The monoisotopic (exact) mass is 417 g/mol. The summed E-state index contributed by atoms with van der Waals surface area (Å²) in [5.41, 5.74) is 1.83. The first-order valence-corrected chi connectivity index (χ1v) is 10.4. The molecule has 2 aromatic carbocycles. The predicted molar refractivity (Wildman–Crippen MR) is 109 cm³/mol. The van der Waals surface area contributed by atoms with Gasteiger partial charge in [0.15, 0.2) is 12.4 Å². The quantitative estimate of drug-likeness (QED) is 0.291. The number of hydrogen-bond acceptors (Lipinski definition) is 6. The van der Waals surface area contributed by atoms with Crippen LogP contribution in [0, 0.1) is 6.92 Å². The van der Waals surface area contributed by atoms with Crippen molar-refractivity contribution in [2.24, 2.45) is 0 Å². The smallest absolute Gasteiger partial charge is 0.339 e. The van der Waals surface area contributed by atoms with E-state index in [2.05, 4.69) is 4.98 Å². The Labute approximate surface area is 170 Å². The topological polar surface area (TPSA) is 56.3 Å². The van der Waals surface area contributed by atoms with Crippen LogP contribution in [-0.4, -0.2) is 23.3 Å². The van der Waals surface area contributed by atoms with Crippen LogP contribution >= 0.6 is 34.7 Å². The highest BCUT2D eigenvalue weighted by Crippen LogP contribution is 2.27. The van der Waals surface area contributed by atoms with Gasteiger partial charge in [0.2, 0.25) is 0 Å². The molecule has 0 saturated carbocycles. The molecule has 0 spiro atoms. The summed E-state index contributed by atoms with van der Waals surface area (Å²) >= 11 is 9.00. The van der Waals surface area contributed by atoms with E-state index in [4.69, 9.17) is 16.3 Å². The van der Waals surface area contributed by atoms with Crippen LogP contribution in [0.25, 0.3) is 0 Å². The summed E-state index contributed by atoms with van der Waals surface area (Å²) in [5.74, 6) is -0.160. The molecular formula is C20H16ClNO3S2. The molecule has 0 atom stereocenters. The molecule has 0 bridgehead atoms. The lowest BCUT2D eigenvalue weighted by molar-refractivity contribution is 0.0471. The van der Waals surface area contributed by atoms with Crippen LogP contribution in [0.2, 0.25) is 5.02 Å². The van der Waals surface area contributed by atoms with E-state index >= 15 is 0 Å². The lowest BCUT2D eigenvalue weighted by atomic mass is 10.1. The van der Waals surface area contributed by atoms with Gasteiger partial charge in [0.05, 0.1) is 16.3 Å². The fourth-order valence-corrected chi connectivity index (χ4v) is 4.18. The number of nitrogens with zero attached hydrogens (tertiary/aromatic N) is 1. The van der Waals surface area contributed by atoms with Gasteiger partial charge >= 0.3 is 5.97 Å². The van der Waals surface area contributed by atoms with E-state index in [1.54, 1.807) is 47.7 Å². The highest BCUT2D eigenvalue weighted by atomic mass is 35.5. The number of thioether (sulfide) groups is 1. The standard InChI is InChI=1S/C20H16ClNO3S2/c1-13-22-16(11-26-13)12-27-19-8-3-2-7-17(19)20(24)25-10-18(23)14-5-4-6-15(21)9-14/h2-9,11H,10,12H2,1H3. The number of ketones is 1. The number of hydrogen-bond donors (Lipinski definition) is 0. The molecule has 4 nitrogen and oxygen atoms in total. The third-order valence-corrected chi connectivity index (χ3v) is 5.79. The Kier molecular flexibility index (Phi) is 6.66. The van der Waals surface area contributed by atoms with Crippen molar-refractivity contribution in [1.82, 2.24) is 4.98 Å². The van der Waals surface area contributed by atoms with E-state index in [1.807, 2.05) is 24.4 Å². The Bertz CT molecular complexity index is 971. The number of aryl methyl sites for hydroxylation is 1. The number of aromatic nitrogens is 1. The number of carbonyl (C=O) groups excluding carboxylic acids is 2. The second kappa shape index (κ2) is 9.17. The van der Waals surface area contributed by atoms with Gasteiger partial charge < -0.3 is 4.74 Å². The maximum atomic E-state index is 12.5. The summed E-state index contributed by atoms with van der Waals surface area (Å²) in [5, 5.41) is 3.48. The van der Waals surface area contributed by atoms with Crippen molar-refractivity contribution in [2.75, 3.05) is 6.61 Å². The van der Waals surface area contributed by atoms with E-state index in [-0.39, 0.29) is 12.4 Å². The maximum absolute atomic E-state index is 12.5. The fourth-order valence-electron chi connectivity index (χ4n) is 2.34. The minimum Gasteiger partial charge on any atom is -0.454 e. The van der Waals surface area contributed by atoms with Gasteiger partial charge in [-0.25, -0.2) is 9.78 Å². The minimum atomic E-state index is -0.525. The third kappa shape index (κ3) is 5.42. The molecule has 3 rings (SSSR count). The van der Waals surface area contributed by atoms with E-state index in [0.717, 1.165) is 15.6 Å². The van der Waals surface area contributed by atoms with Gasteiger partial charge in [-0.2, -0.15) is 0 Å². The highest BCUT2D eigenvalue weighted by molar-refractivity contribution is 7.98. The second-order valence-electron chi connectivity index (χ2n) is 5.65. The average molecular weight is 418 g/mol. The van der Waals surface area contributed by atoms with E-state index in [1.165, 1.54) is 11.8 Å². The lowest BCUT2D eigenvalue weighted by Gasteiger charge is -2.09. The Balaban J connectivity index is 1.63. The van der Waals surface area contributed by atoms with Crippen LogP contribution in [0.1, 0.15) is 31.4 Å². The van der Waals surface area contributed by atoms with Gasteiger partial charge in [0.25, 0.3) is 0 Å². The predicted octanol–water partition coefficient (Wildman–Crippen LogP) is 5.44. The van der Waals surface area contributed by atoms with Crippen LogP contribution in [0.3, 0.4) is 0 Å². The summed E-state index contributed by atoms with van der Waals surface area (Å²) in [6.45, 7) is 1.63. The van der Waals surface area contributed by atoms with Crippen LogP contribution in [0.4, 0.5) is 0 Å². The van der Waals surface area contributed by atoms with Crippen molar-refractivity contribution >= 4 is 46.5 Å². The first-order chi connectivity index (χ1) is 13.0. The normalized spacial score (nSPS) is 10.6. The summed E-state index contributed by atoms with van der Waals surface area (Å²) < 4.78 is 5.22. The molecule has 1 aromatic heterocycles. The van der Waals surface area contributed by atoms with Gasteiger partial charge in [-0.05, 0) is 31.2 Å². The molecule has 0 saturated heterocycles. The molecule has 138 valence electrons. The fraction of sp³-hybridized carbons (Fsp3) is 0.150. The Morgan fingerprint density at radius 2 is 2.00 bits per heavy atom. The molecule has 0 radical (unpaired) electrons. The Morgan fingerprint density at radius 1 is 1.19 bits per heavy atom. The van der Waals surface area contributed by atoms with Crippen molar-refractivity contribution in [3.8, 4) is 0 Å². The first-order valence-electron chi connectivity index (χ1n) is 8.11. The molecule has 0 fully saturated rings. The number of benzene rings is 2. The highest BCUT2D eigenvalue weighted by Gasteiger charge is 2.16. The summed E-state index contributed by atoms with van der Waals surface area (Å²) in [6, 6.07) is 13.7. The number of carbonyl (C=O) groups is 2. The summed E-state index contributed by atoms with van der Waals surface area (Å²) in [7, 11) is 0. The molecule has 0 aliphatic heterocycles. The molecule has 0 unspecified atom stereocenters. The zero-order valence-corrected chi connectivity index (χ0v) is 16.9. The molecular weight excluding hydrogens is 402 g/mol. The van der Waals surface area contributed by atoms with Gasteiger partial charge in [-0.1, -0.05) is 35.9 Å². The van der Waals surface area contributed by atoms with Crippen molar-refractivity contribution in [3.05, 3.63) is 80.8 Å². The van der Waals surface area contributed by atoms with Gasteiger partial charge in [-0.3, -0.25) is 4.79 Å². The van der Waals surface area contributed by atoms with Crippen molar-refractivity contribution < 1.29 is 14.3 Å². The van der Waals surface area contributed by atoms with Crippen LogP contribution < -0.4 is 0 Å². The van der Waals surface area contributed by atoms with Crippen molar-refractivity contribution in [1.29, 1.82) is 0 Å². The van der Waals surface area contributed by atoms with Gasteiger partial charge in [-0.15, -0.1) is 23.1 Å². The molecule has 0 amide bonds. The van der Waals surface area contributed by atoms with Crippen LogP contribution in [-0.2, 0) is 10.5 Å². The van der Waals surface area contributed by atoms with Crippen LogP contribution in [0.5, 0.6) is 0 Å². The van der Waals surface area contributed by atoms with Crippen LogP contribution in [0.15, 0.2) is 58.8 Å². The number of esters is 1. The SMILES string of the molecule is Cc1nc(CSc2ccccc2C(=O)OCC(=O)c2cccc(Cl)c2)cs1. The van der Waals surface area contributed by atoms with Crippen molar-refractivity contribution in [2.45, 2.75) is 17.6 Å². The molecule has 27 heavy (non-hydrogen) atoms. The molecule has 0 aliphatic rings. The lowest BCUT2D eigenvalue weighted by Crippen LogP contribution is -2.14. The van der Waals surface area contributed by atoms with Crippen molar-refractivity contribution in [3.63, 3.8) is 0 Å². The second-order valence-corrected chi connectivity index (χ2v) is 8.17. The number of ether oxygens (including phenoxy) is 1. The molecule has 0 aliphatic carbocycles. The average Bonchev–Trinajstić information content (AvgIpc) is 3.09. The number of rotatable bonds is 7. The largest absolute Gasteiger partial charge is 0.454 e. The molecule has 3 aromatic rings. The number of halogens is 1. The Morgan fingerprint density at radius 3 is 2.74 bits per heavy atom. The van der Waals surface area contributed by atoms with Gasteiger partial charge in [0, 0.05) is 26.6 Å². The third-order valence-electron chi connectivity index (χ3n) is 3.63. The number of thiazole rings is 1. The number of Topliss-reactive ketones (excluding diaryl/α,β-unsaturated/α-hetero) is 1. The van der Waals surface area contributed by atoms with E-state index in [0.29, 0.717) is 21.9 Å². The molecule has 1 heterocycles. The van der Waals surface area contributed by atoms with E-state index < -0.39 is 5.97 Å². The molecule has 0 N–H and O–H groups in total. The first kappa shape index (κ1) is 19.6. The molecule has 7 heteroatoms. The Hall–Kier alpha value is -2.15. The zero-order valence-electron chi connectivity index (χ0n) is 14.5. The maximum Gasteiger partial charge on any atom is 0.339 e. The summed E-state index contributed by atoms with van der Waals surface area (Å²) in [4.78, 5) is 29.9. The van der Waals surface area contributed by atoms with E-state index in [9.17, 15) is 9.59 Å². The minimum absolute atomic E-state index is 0.297. The summed E-state index contributed by atoms with van der Waals surface area (Å²) in [6.07, 6.45) is 0.